The predicted octanol–water partition coefficient (Wildman–Crippen LogP) is 3.05. The molecule has 0 unspecified atom stereocenters. The van der Waals surface area contributed by atoms with Gasteiger partial charge in [0.2, 0.25) is 0 Å². The standard InChI is InChI=1S/C16H30N2O3/c1-5-7-16(14(19)20)8-10-18(11-9-16)15(21)17(6-2)12-13(3)4/h13H,5-12H2,1-4H3,(H,19,20). The lowest BCUT2D eigenvalue weighted by atomic mass is 9.75. The van der Waals surface area contributed by atoms with Gasteiger partial charge in [-0.1, -0.05) is 27.2 Å². The number of urea groups is 1. The number of carbonyl (C=O) groups is 2. The van der Waals surface area contributed by atoms with Crippen molar-refractivity contribution in [2.24, 2.45) is 11.3 Å². The minimum Gasteiger partial charge on any atom is -0.481 e. The first kappa shape index (κ1) is 17.8. The Labute approximate surface area is 128 Å². The molecule has 0 spiro atoms. The molecule has 1 aliphatic heterocycles. The second kappa shape index (κ2) is 7.66. The summed E-state index contributed by atoms with van der Waals surface area (Å²) in [6, 6.07) is 0.0571. The monoisotopic (exact) mass is 298 g/mol. The highest BCUT2D eigenvalue weighted by atomic mass is 16.4. The van der Waals surface area contributed by atoms with Crippen LogP contribution in [0.4, 0.5) is 4.79 Å². The number of likely N-dealkylation sites (tertiary alicyclic amines) is 1. The van der Waals surface area contributed by atoms with Crippen LogP contribution in [0.2, 0.25) is 0 Å². The lowest BCUT2D eigenvalue weighted by Gasteiger charge is -2.40. The van der Waals surface area contributed by atoms with Crippen molar-refractivity contribution in [2.45, 2.75) is 53.4 Å². The summed E-state index contributed by atoms with van der Waals surface area (Å²) in [5.41, 5.74) is -0.624. The highest BCUT2D eigenvalue weighted by Gasteiger charge is 2.42. The summed E-state index contributed by atoms with van der Waals surface area (Å²) >= 11 is 0. The number of hydrogen-bond donors (Lipinski definition) is 1. The van der Waals surface area contributed by atoms with Gasteiger partial charge < -0.3 is 14.9 Å². The van der Waals surface area contributed by atoms with E-state index in [4.69, 9.17) is 0 Å². The van der Waals surface area contributed by atoms with E-state index in [0.717, 1.165) is 13.0 Å². The van der Waals surface area contributed by atoms with E-state index in [1.807, 2.05) is 23.6 Å². The molecule has 0 aliphatic carbocycles. The van der Waals surface area contributed by atoms with Crippen molar-refractivity contribution < 1.29 is 14.7 Å². The third kappa shape index (κ3) is 4.35. The zero-order valence-corrected chi connectivity index (χ0v) is 13.9. The van der Waals surface area contributed by atoms with Gasteiger partial charge in [0.15, 0.2) is 0 Å². The minimum absolute atomic E-state index is 0.0571. The molecule has 1 N–H and O–H groups in total. The molecule has 0 aromatic heterocycles. The van der Waals surface area contributed by atoms with Crippen LogP contribution in [0.1, 0.15) is 53.4 Å². The van der Waals surface area contributed by atoms with Crippen molar-refractivity contribution >= 4 is 12.0 Å². The molecule has 0 bridgehead atoms. The fraction of sp³-hybridized carbons (Fsp3) is 0.875. The third-order valence-electron chi connectivity index (χ3n) is 4.41. The topological polar surface area (TPSA) is 60.9 Å². The maximum atomic E-state index is 12.5. The number of amides is 2. The average molecular weight is 298 g/mol. The van der Waals surface area contributed by atoms with Crippen LogP contribution in [0.15, 0.2) is 0 Å². The minimum atomic E-state index is -0.703. The predicted molar refractivity (Wildman–Crippen MR) is 83.3 cm³/mol. The smallest absolute Gasteiger partial charge is 0.319 e. The Balaban J connectivity index is 2.66. The van der Waals surface area contributed by atoms with Crippen molar-refractivity contribution in [1.29, 1.82) is 0 Å². The van der Waals surface area contributed by atoms with Crippen LogP contribution >= 0.6 is 0 Å². The summed E-state index contributed by atoms with van der Waals surface area (Å²) in [5, 5.41) is 9.51. The van der Waals surface area contributed by atoms with Gasteiger partial charge in [0.1, 0.15) is 0 Å². The van der Waals surface area contributed by atoms with Crippen molar-refractivity contribution in [1.82, 2.24) is 9.80 Å². The van der Waals surface area contributed by atoms with Gasteiger partial charge in [-0.05, 0) is 32.1 Å². The van der Waals surface area contributed by atoms with E-state index in [-0.39, 0.29) is 6.03 Å². The van der Waals surface area contributed by atoms with Gasteiger partial charge in [0.25, 0.3) is 0 Å². The Morgan fingerprint density at radius 1 is 1.24 bits per heavy atom. The van der Waals surface area contributed by atoms with Crippen LogP contribution in [0.5, 0.6) is 0 Å². The molecular weight excluding hydrogens is 268 g/mol. The van der Waals surface area contributed by atoms with Gasteiger partial charge in [-0.3, -0.25) is 4.79 Å². The van der Waals surface area contributed by atoms with E-state index in [9.17, 15) is 14.7 Å². The summed E-state index contributed by atoms with van der Waals surface area (Å²) < 4.78 is 0. The van der Waals surface area contributed by atoms with E-state index in [0.29, 0.717) is 44.8 Å². The molecule has 5 heteroatoms. The van der Waals surface area contributed by atoms with Crippen LogP contribution in [0, 0.1) is 11.3 Å². The first-order valence-corrected chi connectivity index (χ1v) is 8.13. The second-order valence-electron chi connectivity index (χ2n) is 6.54. The first-order chi connectivity index (χ1) is 9.86. The lowest BCUT2D eigenvalue weighted by molar-refractivity contribution is -0.152. The molecule has 0 radical (unpaired) electrons. The van der Waals surface area contributed by atoms with Gasteiger partial charge in [-0.15, -0.1) is 0 Å². The quantitative estimate of drug-likeness (QED) is 0.820. The van der Waals surface area contributed by atoms with E-state index in [1.165, 1.54) is 0 Å². The maximum Gasteiger partial charge on any atom is 0.319 e. The lowest BCUT2D eigenvalue weighted by Crippen LogP contribution is -2.51. The SMILES string of the molecule is CCCC1(C(=O)O)CCN(C(=O)N(CC)CC(C)C)CC1. The maximum absolute atomic E-state index is 12.5. The van der Waals surface area contributed by atoms with E-state index >= 15 is 0 Å². The molecule has 5 nitrogen and oxygen atoms in total. The van der Waals surface area contributed by atoms with Crippen LogP contribution in [0.25, 0.3) is 0 Å². The number of aliphatic carboxylic acids is 1. The first-order valence-electron chi connectivity index (χ1n) is 8.13. The Morgan fingerprint density at radius 3 is 2.19 bits per heavy atom. The number of carboxylic acid groups (broad SMARTS) is 1. The largest absolute Gasteiger partial charge is 0.481 e. The number of carbonyl (C=O) groups excluding carboxylic acids is 1. The summed E-state index contributed by atoms with van der Waals surface area (Å²) in [6.45, 7) is 10.8. The van der Waals surface area contributed by atoms with Crippen LogP contribution < -0.4 is 0 Å². The molecule has 1 heterocycles. The van der Waals surface area contributed by atoms with E-state index < -0.39 is 11.4 Å². The molecule has 122 valence electrons. The molecule has 2 amide bonds. The van der Waals surface area contributed by atoms with Gasteiger partial charge in [0, 0.05) is 26.2 Å². The summed E-state index contributed by atoms with van der Waals surface area (Å²) in [7, 11) is 0. The van der Waals surface area contributed by atoms with Gasteiger partial charge in [-0.25, -0.2) is 4.79 Å². The highest BCUT2D eigenvalue weighted by Crippen LogP contribution is 2.36. The Bertz CT molecular complexity index is 361. The van der Waals surface area contributed by atoms with Crippen molar-refractivity contribution in [2.75, 3.05) is 26.2 Å². The molecular formula is C16H30N2O3. The van der Waals surface area contributed by atoms with Gasteiger partial charge >= 0.3 is 12.0 Å². The second-order valence-corrected chi connectivity index (χ2v) is 6.54. The van der Waals surface area contributed by atoms with Crippen molar-refractivity contribution in [3.63, 3.8) is 0 Å². The fourth-order valence-electron chi connectivity index (χ4n) is 3.16. The molecule has 1 aliphatic rings. The van der Waals surface area contributed by atoms with Crippen molar-refractivity contribution in [3.05, 3.63) is 0 Å². The van der Waals surface area contributed by atoms with Gasteiger partial charge in [-0.2, -0.15) is 0 Å². The normalized spacial score (nSPS) is 17.9. The number of hydrogen-bond acceptors (Lipinski definition) is 2. The average Bonchev–Trinajstić information content (AvgIpc) is 2.44. The molecule has 0 atom stereocenters. The zero-order valence-electron chi connectivity index (χ0n) is 13.9. The molecule has 1 rings (SSSR count). The number of carboxylic acids is 1. The fourth-order valence-corrected chi connectivity index (χ4v) is 3.16. The molecule has 0 aromatic rings. The van der Waals surface area contributed by atoms with Crippen molar-refractivity contribution in [3.8, 4) is 0 Å². The van der Waals surface area contributed by atoms with E-state index in [1.54, 1.807) is 0 Å². The molecule has 1 fully saturated rings. The van der Waals surface area contributed by atoms with Crippen LogP contribution in [-0.4, -0.2) is 53.1 Å². The number of rotatable bonds is 6. The molecule has 0 aromatic carbocycles. The Kier molecular flexibility index (Phi) is 6.49. The molecule has 21 heavy (non-hydrogen) atoms. The van der Waals surface area contributed by atoms with E-state index in [2.05, 4.69) is 13.8 Å². The Morgan fingerprint density at radius 2 is 1.81 bits per heavy atom. The molecule has 1 saturated heterocycles. The summed E-state index contributed by atoms with van der Waals surface area (Å²) in [6.07, 6.45) is 2.71. The third-order valence-corrected chi connectivity index (χ3v) is 4.41. The zero-order chi connectivity index (χ0) is 16.0. The Hall–Kier alpha value is -1.26. The highest BCUT2D eigenvalue weighted by molar-refractivity contribution is 5.77. The van der Waals surface area contributed by atoms with Gasteiger partial charge in [0.05, 0.1) is 5.41 Å². The number of nitrogens with zero attached hydrogens (tertiary/aromatic N) is 2. The molecule has 0 saturated carbocycles. The number of piperidine rings is 1. The summed E-state index contributed by atoms with van der Waals surface area (Å²) in [5.74, 6) is -0.261. The van der Waals surface area contributed by atoms with Crippen LogP contribution in [-0.2, 0) is 4.79 Å². The summed E-state index contributed by atoms with van der Waals surface area (Å²) in [4.78, 5) is 27.8. The van der Waals surface area contributed by atoms with Crippen LogP contribution in [0.3, 0.4) is 0 Å².